The Morgan fingerprint density at radius 3 is 2.47 bits per heavy atom. The number of nitrogens with one attached hydrogen (secondary N) is 1. The third kappa shape index (κ3) is 4.57. The topological polar surface area (TPSA) is 55.1 Å². The van der Waals surface area contributed by atoms with Crippen LogP contribution in [-0.4, -0.2) is 18.5 Å². The molecule has 94 valence electrons. The summed E-state index contributed by atoms with van der Waals surface area (Å²) in [6.07, 6.45) is 0.380. The molecule has 1 amide bonds. The van der Waals surface area contributed by atoms with Crippen molar-refractivity contribution in [3.8, 4) is 0 Å². The Labute approximate surface area is 103 Å². The summed E-state index contributed by atoms with van der Waals surface area (Å²) >= 11 is 0. The molecule has 1 aromatic rings. The Morgan fingerprint density at radius 2 is 1.94 bits per heavy atom. The van der Waals surface area contributed by atoms with Crippen LogP contribution in [-0.2, 0) is 10.2 Å². The molecule has 0 fully saturated rings. The first-order chi connectivity index (χ1) is 7.92. The standard InChI is InChI=1S/C14H22N2O/c1-11(15)9-13(17)16-10-14(2,3)12-7-5-4-6-8-12/h4-8,11H,9-10,15H2,1-3H3,(H,16,17). The van der Waals surface area contributed by atoms with Gasteiger partial charge in [0.1, 0.15) is 0 Å². The van der Waals surface area contributed by atoms with Crippen molar-refractivity contribution in [2.24, 2.45) is 5.73 Å². The van der Waals surface area contributed by atoms with Crippen molar-refractivity contribution in [2.75, 3.05) is 6.54 Å². The SMILES string of the molecule is CC(N)CC(=O)NCC(C)(C)c1ccccc1. The number of carbonyl (C=O) groups excluding carboxylic acids is 1. The number of carbonyl (C=O) groups is 1. The predicted molar refractivity (Wildman–Crippen MR) is 70.7 cm³/mol. The monoisotopic (exact) mass is 234 g/mol. The first-order valence-corrected chi connectivity index (χ1v) is 5.99. The Hall–Kier alpha value is -1.35. The van der Waals surface area contributed by atoms with Crippen molar-refractivity contribution < 1.29 is 4.79 Å². The summed E-state index contributed by atoms with van der Waals surface area (Å²) in [4.78, 5) is 11.5. The van der Waals surface area contributed by atoms with Crippen LogP contribution >= 0.6 is 0 Å². The Bertz CT molecular complexity index is 358. The van der Waals surface area contributed by atoms with E-state index in [-0.39, 0.29) is 17.4 Å². The Balaban J connectivity index is 2.53. The van der Waals surface area contributed by atoms with E-state index in [2.05, 4.69) is 31.3 Å². The second-order valence-corrected chi connectivity index (χ2v) is 5.21. The van der Waals surface area contributed by atoms with Crippen molar-refractivity contribution in [1.29, 1.82) is 0 Å². The van der Waals surface area contributed by atoms with Crippen molar-refractivity contribution >= 4 is 5.91 Å². The van der Waals surface area contributed by atoms with Gasteiger partial charge in [-0.25, -0.2) is 0 Å². The average molecular weight is 234 g/mol. The molecule has 0 aliphatic carbocycles. The summed E-state index contributed by atoms with van der Waals surface area (Å²) in [6, 6.07) is 10.1. The van der Waals surface area contributed by atoms with E-state index in [1.54, 1.807) is 0 Å². The van der Waals surface area contributed by atoms with Gasteiger partial charge >= 0.3 is 0 Å². The highest BCUT2D eigenvalue weighted by molar-refractivity contribution is 5.76. The van der Waals surface area contributed by atoms with E-state index in [1.807, 2.05) is 25.1 Å². The second-order valence-electron chi connectivity index (χ2n) is 5.21. The van der Waals surface area contributed by atoms with Gasteiger partial charge in [0.15, 0.2) is 0 Å². The number of nitrogens with two attached hydrogens (primary N) is 1. The molecule has 0 radical (unpaired) electrons. The summed E-state index contributed by atoms with van der Waals surface area (Å²) in [6.45, 7) is 6.70. The zero-order valence-electron chi connectivity index (χ0n) is 10.9. The maximum atomic E-state index is 11.5. The summed E-state index contributed by atoms with van der Waals surface area (Å²) in [5, 5.41) is 2.93. The van der Waals surface area contributed by atoms with Crippen LogP contribution in [0.15, 0.2) is 30.3 Å². The summed E-state index contributed by atoms with van der Waals surface area (Å²) in [5.74, 6) is 0.0176. The smallest absolute Gasteiger partial charge is 0.221 e. The van der Waals surface area contributed by atoms with E-state index in [0.717, 1.165) is 0 Å². The molecule has 0 saturated heterocycles. The largest absolute Gasteiger partial charge is 0.355 e. The highest BCUT2D eigenvalue weighted by atomic mass is 16.1. The van der Waals surface area contributed by atoms with Crippen LogP contribution in [0.3, 0.4) is 0 Å². The van der Waals surface area contributed by atoms with E-state index in [0.29, 0.717) is 13.0 Å². The molecule has 1 unspecified atom stereocenters. The van der Waals surface area contributed by atoms with E-state index >= 15 is 0 Å². The second kappa shape index (κ2) is 5.82. The molecule has 3 nitrogen and oxygen atoms in total. The molecular weight excluding hydrogens is 212 g/mol. The fourth-order valence-corrected chi connectivity index (χ4v) is 1.68. The van der Waals surface area contributed by atoms with Crippen LogP contribution in [0.5, 0.6) is 0 Å². The number of rotatable bonds is 5. The highest BCUT2D eigenvalue weighted by Gasteiger charge is 2.21. The zero-order chi connectivity index (χ0) is 12.9. The minimum Gasteiger partial charge on any atom is -0.355 e. The van der Waals surface area contributed by atoms with Gasteiger partial charge in [0, 0.05) is 24.4 Å². The third-order valence-electron chi connectivity index (χ3n) is 2.79. The molecule has 0 spiro atoms. The number of amides is 1. The van der Waals surface area contributed by atoms with Crippen LogP contribution < -0.4 is 11.1 Å². The predicted octanol–water partition coefficient (Wildman–Crippen LogP) is 1.82. The van der Waals surface area contributed by atoms with Gasteiger partial charge in [0.25, 0.3) is 0 Å². The molecular formula is C14H22N2O. The van der Waals surface area contributed by atoms with Crippen molar-refractivity contribution in [2.45, 2.75) is 38.6 Å². The highest BCUT2D eigenvalue weighted by Crippen LogP contribution is 2.21. The average Bonchev–Trinajstić information content (AvgIpc) is 2.27. The first kappa shape index (κ1) is 13.7. The molecule has 0 heterocycles. The van der Waals surface area contributed by atoms with Gasteiger partial charge in [-0.3, -0.25) is 4.79 Å². The number of benzene rings is 1. The van der Waals surface area contributed by atoms with Gasteiger partial charge in [-0.15, -0.1) is 0 Å². The molecule has 0 saturated carbocycles. The molecule has 0 aromatic heterocycles. The summed E-state index contributed by atoms with van der Waals surface area (Å²) < 4.78 is 0. The Morgan fingerprint density at radius 1 is 1.35 bits per heavy atom. The zero-order valence-corrected chi connectivity index (χ0v) is 10.9. The van der Waals surface area contributed by atoms with Gasteiger partial charge in [-0.05, 0) is 12.5 Å². The maximum absolute atomic E-state index is 11.5. The van der Waals surface area contributed by atoms with Crippen LogP contribution in [0.4, 0.5) is 0 Å². The van der Waals surface area contributed by atoms with E-state index in [1.165, 1.54) is 5.56 Å². The van der Waals surface area contributed by atoms with Gasteiger partial charge in [0.2, 0.25) is 5.91 Å². The minimum atomic E-state index is -0.0881. The third-order valence-corrected chi connectivity index (χ3v) is 2.79. The molecule has 0 aliphatic rings. The molecule has 1 atom stereocenters. The van der Waals surface area contributed by atoms with E-state index < -0.39 is 0 Å². The van der Waals surface area contributed by atoms with Gasteiger partial charge in [-0.2, -0.15) is 0 Å². The first-order valence-electron chi connectivity index (χ1n) is 5.99. The van der Waals surface area contributed by atoms with Gasteiger partial charge in [0.05, 0.1) is 0 Å². The minimum absolute atomic E-state index is 0.0176. The lowest BCUT2D eigenvalue weighted by molar-refractivity contribution is -0.121. The lowest BCUT2D eigenvalue weighted by Crippen LogP contribution is -2.38. The molecule has 1 aromatic carbocycles. The molecule has 1 rings (SSSR count). The van der Waals surface area contributed by atoms with Gasteiger partial charge in [-0.1, -0.05) is 44.2 Å². The summed E-state index contributed by atoms with van der Waals surface area (Å²) in [5.41, 5.74) is 6.75. The normalized spacial score (nSPS) is 13.2. The lowest BCUT2D eigenvalue weighted by Gasteiger charge is -2.25. The van der Waals surface area contributed by atoms with Crippen LogP contribution in [0.2, 0.25) is 0 Å². The van der Waals surface area contributed by atoms with Gasteiger partial charge < -0.3 is 11.1 Å². The quantitative estimate of drug-likeness (QED) is 0.816. The van der Waals surface area contributed by atoms with Crippen LogP contribution in [0.25, 0.3) is 0 Å². The molecule has 3 N–H and O–H groups in total. The molecule has 0 bridgehead atoms. The number of hydrogen-bond acceptors (Lipinski definition) is 2. The maximum Gasteiger partial charge on any atom is 0.221 e. The molecule has 0 aliphatic heterocycles. The fourth-order valence-electron chi connectivity index (χ4n) is 1.68. The van der Waals surface area contributed by atoms with E-state index in [4.69, 9.17) is 5.73 Å². The van der Waals surface area contributed by atoms with E-state index in [9.17, 15) is 4.79 Å². The lowest BCUT2D eigenvalue weighted by atomic mass is 9.84. The summed E-state index contributed by atoms with van der Waals surface area (Å²) in [7, 11) is 0. The van der Waals surface area contributed by atoms with Crippen molar-refractivity contribution in [3.05, 3.63) is 35.9 Å². The Kier molecular flexibility index (Phi) is 4.70. The molecule has 17 heavy (non-hydrogen) atoms. The van der Waals surface area contributed by atoms with Crippen LogP contribution in [0, 0.1) is 0 Å². The van der Waals surface area contributed by atoms with Crippen molar-refractivity contribution in [3.63, 3.8) is 0 Å². The fraction of sp³-hybridized carbons (Fsp3) is 0.500. The number of hydrogen-bond donors (Lipinski definition) is 2. The van der Waals surface area contributed by atoms with Crippen LogP contribution in [0.1, 0.15) is 32.8 Å². The van der Waals surface area contributed by atoms with Crippen molar-refractivity contribution in [1.82, 2.24) is 5.32 Å². The molecule has 3 heteroatoms.